The first-order valence-corrected chi connectivity index (χ1v) is 8.93. The van der Waals surface area contributed by atoms with E-state index >= 15 is 0 Å². The number of nitrogens with zero attached hydrogens (tertiary/aromatic N) is 3. The Morgan fingerprint density at radius 2 is 1.90 bits per heavy atom. The summed E-state index contributed by atoms with van der Waals surface area (Å²) in [6, 6.07) is 8.30. The van der Waals surface area contributed by atoms with Crippen LogP contribution in [0, 0.1) is 0 Å². The van der Waals surface area contributed by atoms with Crippen LogP contribution >= 0.6 is 0 Å². The molecule has 0 aliphatic carbocycles. The number of benzene rings is 1. The van der Waals surface area contributed by atoms with Crippen LogP contribution in [0.15, 0.2) is 36.7 Å². The van der Waals surface area contributed by atoms with Crippen molar-refractivity contribution in [2.75, 3.05) is 13.7 Å². The van der Waals surface area contributed by atoms with E-state index in [0.29, 0.717) is 0 Å². The van der Waals surface area contributed by atoms with Crippen LogP contribution < -0.4 is 4.74 Å². The van der Waals surface area contributed by atoms with Gasteiger partial charge in [0, 0.05) is 32.4 Å². The molecule has 0 amide bonds. The van der Waals surface area contributed by atoms with Crippen molar-refractivity contribution in [3.8, 4) is 5.75 Å². The number of carbonyl (C=O) groups is 1. The van der Waals surface area contributed by atoms with Crippen LogP contribution in [0.1, 0.15) is 17.5 Å². The lowest BCUT2D eigenvalue weighted by molar-refractivity contribution is -0.192. The largest absolute Gasteiger partial charge is 0.497 e. The highest BCUT2D eigenvalue weighted by Crippen LogP contribution is 2.24. The van der Waals surface area contributed by atoms with Gasteiger partial charge in [0.05, 0.1) is 19.4 Å². The van der Waals surface area contributed by atoms with Gasteiger partial charge in [-0.15, -0.1) is 0 Å². The van der Waals surface area contributed by atoms with Crippen molar-refractivity contribution in [1.82, 2.24) is 14.7 Å². The molecular formula is C19H24F3N3O4. The number of hydrogen-bond acceptors (Lipinski definition) is 5. The van der Waals surface area contributed by atoms with Crippen LogP contribution in [0.5, 0.6) is 5.75 Å². The van der Waals surface area contributed by atoms with Crippen molar-refractivity contribution < 1.29 is 32.9 Å². The molecule has 0 radical (unpaired) electrons. The molecule has 29 heavy (non-hydrogen) atoms. The van der Waals surface area contributed by atoms with Crippen molar-refractivity contribution in [2.45, 2.75) is 37.7 Å². The summed E-state index contributed by atoms with van der Waals surface area (Å²) in [7, 11) is 3.60. The Morgan fingerprint density at radius 3 is 2.38 bits per heavy atom. The number of aryl methyl sites for hydroxylation is 1. The lowest BCUT2D eigenvalue weighted by Gasteiger charge is -2.26. The van der Waals surface area contributed by atoms with Gasteiger partial charge in [0.1, 0.15) is 5.75 Å². The highest BCUT2D eigenvalue weighted by Gasteiger charge is 2.38. The first-order valence-electron chi connectivity index (χ1n) is 8.93. The van der Waals surface area contributed by atoms with Crippen LogP contribution in [-0.2, 0) is 24.8 Å². The molecule has 7 nitrogen and oxygen atoms in total. The fourth-order valence-corrected chi connectivity index (χ4v) is 3.15. The number of aliphatic hydroxyl groups excluding tert-OH is 1. The molecule has 10 heteroatoms. The van der Waals surface area contributed by atoms with Gasteiger partial charge in [-0.05, 0) is 36.1 Å². The van der Waals surface area contributed by atoms with Crippen molar-refractivity contribution in [1.29, 1.82) is 0 Å². The number of ether oxygens (including phenoxy) is 1. The molecule has 2 N–H and O–H groups in total. The summed E-state index contributed by atoms with van der Waals surface area (Å²) in [5.41, 5.74) is 2.42. The summed E-state index contributed by atoms with van der Waals surface area (Å²) in [4.78, 5) is 11.3. The lowest BCUT2D eigenvalue weighted by Crippen LogP contribution is -2.36. The van der Waals surface area contributed by atoms with Crippen molar-refractivity contribution in [2.24, 2.45) is 7.05 Å². The first-order chi connectivity index (χ1) is 13.6. The third-order valence-electron chi connectivity index (χ3n) is 4.62. The average molecular weight is 415 g/mol. The number of alkyl halides is 3. The fourth-order valence-electron chi connectivity index (χ4n) is 3.15. The molecule has 2 atom stereocenters. The van der Waals surface area contributed by atoms with Crippen LogP contribution in [0.2, 0.25) is 0 Å². The number of methoxy groups -OCH3 is 1. The summed E-state index contributed by atoms with van der Waals surface area (Å²) in [5, 5.41) is 21.6. The molecule has 1 aliphatic rings. The summed E-state index contributed by atoms with van der Waals surface area (Å²) in [6.07, 6.45) is 0.234. The van der Waals surface area contributed by atoms with Crippen LogP contribution in [0.4, 0.5) is 13.2 Å². The van der Waals surface area contributed by atoms with E-state index in [9.17, 15) is 18.3 Å². The SMILES string of the molecule is COc1ccc(CN2CC[C@H](O)[C@@H]2Cc2cnn(C)c2)cc1.O=C(O)C(F)(F)F. The molecule has 2 heterocycles. The van der Waals surface area contributed by atoms with Crippen LogP contribution in [0.3, 0.4) is 0 Å². The Bertz CT molecular complexity index is 793. The monoisotopic (exact) mass is 415 g/mol. The Morgan fingerprint density at radius 1 is 1.28 bits per heavy atom. The normalized spacial score (nSPS) is 19.5. The minimum absolute atomic E-state index is 0.159. The zero-order chi connectivity index (χ0) is 21.6. The molecule has 1 aromatic heterocycles. The second kappa shape index (κ2) is 9.75. The van der Waals surface area contributed by atoms with Crippen LogP contribution in [0.25, 0.3) is 0 Å². The number of carboxylic acids is 1. The molecule has 0 unspecified atom stereocenters. The quantitative estimate of drug-likeness (QED) is 0.779. The van der Waals surface area contributed by atoms with Gasteiger partial charge >= 0.3 is 12.1 Å². The second-order valence-electron chi connectivity index (χ2n) is 6.77. The maximum absolute atomic E-state index is 10.6. The Hall–Kier alpha value is -2.59. The minimum Gasteiger partial charge on any atom is -0.497 e. The topological polar surface area (TPSA) is 87.8 Å². The molecular weight excluding hydrogens is 391 g/mol. The summed E-state index contributed by atoms with van der Waals surface area (Å²) in [5.74, 6) is -1.88. The van der Waals surface area contributed by atoms with Gasteiger partial charge < -0.3 is 14.9 Å². The lowest BCUT2D eigenvalue weighted by atomic mass is 10.0. The molecule has 2 aromatic rings. The highest BCUT2D eigenvalue weighted by atomic mass is 19.4. The van der Waals surface area contributed by atoms with Crippen molar-refractivity contribution in [3.05, 3.63) is 47.8 Å². The van der Waals surface area contributed by atoms with Gasteiger partial charge in [-0.3, -0.25) is 9.58 Å². The highest BCUT2D eigenvalue weighted by molar-refractivity contribution is 5.73. The van der Waals surface area contributed by atoms with Gasteiger partial charge in [-0.2, -0.15) is 18.3 Å². The van der Waals surface area contributed by atoms with Crippen molar-refractivity contribution in [3.63, 3.8) is 0 Å². The van der Waals surface area contributed by atoms with Crippen molar-refractivity contribution >= 4 is 5.97 Å². The molecule has 1 fully saturated rings. The van der Waals surface area contributed by atoms with E-state index < -0.39 is 12.1 Å². The summed E-state index contributed by atoms with van der Waals surface area (Å²) < 4.78 is 38.7. The number of rotatable bonds is 5. The van der Waals surface area contributed by atoms with E-state index in [1.807, 2.05) is 36.3 Å². The molecule has 160 valence electrons. The molecule has 0 bridgehead atoms. The second-order valence-corrected chi connectivity index (χ2v) is 6.77. The number of halogens is 3. The number of aliphatic carboxylic acids is 1. The Balaban J connectivity index is 0.000000370. The van der Waals surface area contributed by atoms with Gasteiger partial charge in [0.2, 0.25) is 0 Å². The van der Waals surface area contributed by atoms with Crippen LogP contribution in [-0.4, -0.2) is 62.8 Å². The maximum atomic E-state index is 10.6. The van der Waals surface area contributed by atoms with Gasteiger partial charge in [-0.25, -0.2) is 4.79 Å². The van der Waals surface area contributed by atoms with E-state index in [-0.39, 0.29) is 12.1 Å². The van der Waals surface area contributed by atoms with E-state index in [1.54, 1.807) is 7.11 Å². The molecule has 1 aromatic carbocycles. The fraction of sp³-hybridized carbons (Fsp3) is 0.474. The average Bonchev–Trinajstić information content (AvgIpc) is 3.22. The zero-order valence-corrected chi connectivity index (χ0v) is 16.1. The van der Waals surface area contributed by atoms with E-state index in [1.165, 1.54) is 11.1 Å². The molecule has 1 saturated heterocycles. The van der Waals surface area contributed by atoms with Gasteiger partial charge in [0.15, 0.2) is 0 Å². The van der Waals surface area contributed by atoms with Gasteiger partial charge in [0.25, 0.3) is 0 Å². The number of aliphatic hydroxyl groups is 1. The first kappa shape index (κ1) is 22.7. The minimum atomic E-state index is -5.08. The Labute approximate surface area is 166 Å². The molecule has 0 spiro atoms. The third kappa shape index (κ3) is 6.75. The van der Waals surface area contributed by atoms with E-state index in [4.69, 9.17) is 14.6 Å². The third-order valence-corrected chi connectivity index (χ3v) is 4.62. The zero-order valence-electron chi connectivity index (χ0n) is 16.1. The predicted octanol–water partition coefficient (Wildman–Crippen LogP) is 2.24. The predicted molar refractivity (Wildman–Crippen MR) is 98.4 cm³/mol. The molecule has 1 aliphatic heterocycles. The van der Waals surface area contributed by atoms with E-state index in [0.717, 1.165) is 31.7 Å². The maximum Gasteiger partial charge on any atom is 0.490 e. The number of likely N-dealkylation sites (tertiary alicyclic amines) is 1. The molecule has 0 saturated carbocycles. The number of aromatic nitrogens is 2. The van der Waals surface area contributed by atoms with E-state index in [2.05, 4.69) is 22.1 Å². The smallest absolute Gasteiger partial charge is 0.490 e. The molecule has 3 rings (SSSR count). The van der Waals surface area contributed by atoms with Gasteiger partial charge in [-0.1, -0.05) is 12.1 Å². The summed E-state index contributed by atoms with van der Waals surface area (Å²) in [6.45, 7) is 1.78. The number of hydrogen-bond donors (Lipinski definition) is 2. The standard InChI is InChI=1S/C17H23N3O2.C2HF3O2/c1-19-11-14(10-18-19)9-16-17(21)7-8-20(16)12-13-3-5-15(22-2)6-4-13;3-2(4,5)1(6)7/h3-6,10-11,16-17,21H,7-9,12H2,1-2H3;(H,6,7)/t16-,17-;/m0./s1. The number of carboxylic acid groups (broad SMARTS) is 1. The Kier molecular flexibility index (Phi) is 7.63. The summed E-state index contributed by atoms with van der Waals surface area (Å²) >= 11 is 0.